The van der Waals surface area contributed by atoms with E-state index in [1.165, 1.54) is 0 Å². The van der Waals surface area contributed by atoms with Crippen LogP contribution in [0.15, 0.2) is 30.5 Å². The molecule has 1 aromatic carbocycles. The maximum Gasteiger partial charge on any atom is 0.227 e. The molecule has 0 N–H and O–H groups in total. The Morgan fingerprint density at radius 2 is 1.84 bits per heavy atom. The maximum absolute atomic E-state index is 13.0. The number of rotatable bonds is 2. The monoisotopic (exact) mass is 361 g/mol. The van der Waals surface area contributed by atoms with Gasteiger partial charge in [0.1, 0.15) is 0 Å². The third kappa shape index (κ3) is 2.85. The van der Waals surface area contributed by atoms with Gasteiger partial charge in [-0.1, -0.05) is 18.2 Å². The van der Waals surface area contributed by atoms with Crippen molar-refractivity contribution in [3.63, 3.8) is 0 Å². The van der Waals surface area contributed by atoms with Gasteiger partial charge in [0.05, 0.1) is 24.0 Å². The van der Waals surface area contributed by atoms with Crippen molar-refractivity contribution >= 4 is 26.6 Å². The predicted molar refractivity (Wildman–Crippen MR) is 97.2 cm³/mol. The number of hydrogen-bond donors (Lipinski definition) is 0. The number of amides is 1. The molecular formula is C18H23N3O3S. The average Bonchev–Trinajstić information content (AvgIpc) is 3.05. The summed E-state index contributed by atoms with van der Waals surface area (Å²) in [5, 5.41) is 1.09. The van der Waals surface area contributed by atoms with E-state index in [-0.39, 0.29) is 29.5 Å². The third-order valence-electron chi connectivity index (χ3n) is 5.60. The minimum atomic E-state index is -3.07. The van der Waals surface area contributed by atoms with Crippen LogP contribution < -0.4 is 0 Å². The quantitative estimate of drug-likeness (QED) is 0.788. The van der Waals surface area contributed by atoms with Crippen LogP contribution in [0.2, 0.25) is 0 Å². The fourth-order valence-electron chi connectivity index (χ4n) is 4.27. The van der Waals surface area contributed by atoms with E-state index in [2.05, 4.69) is 4.90 Å². The molecule has 0 aliphatic carbocycles. The highest BCUT2D eigenvalue weighted by atomic mass is 32.2. The molecule has 2 aliphatic rings. The van der Waals surface area contributed by atoms with Crippen molar-refractivity contribution in [2.45, 2.75) is 18.5 Å². The van der Waals surface area contributed by atoms with Crippen LogP contribution in [0, 0.1) is 0 Å². The first kappa shape index (κ1) is 16.6. The second-order valence-electron chi connectivity index (χ2n) is 7.24. The molecule has 3 heterocycles. The molecule has 25 heavy (non-hydrogen) atoms. The molecule has 2 atom stereocenters. The Bertz CT molecular complexity index is 934. The van der Waals surface area contributed by atoms with Gasteiger partial charge in [-0.2, -0.15) is 0 Å². The molecule has 0 saturated carbocycles. The van der Waals surface area contributed by atoms with Crippen molar-refractivity contribution in [1.29, 1.82) is 0 Å². The van der Waals surface area contributed by atoms with Gasteiger partial charge in [0, 0.05) is 43.3 Å². The SMILES string of the molecule is CN1CCN(C(=O)Cc2cn(C)c3ccccc23)[C@@H]2CS(=O)(=O)C[C@@H]21. The first-order valence-corrected chi connectivity index (χ1v) is 10.4. The van der Waals surface area contributed by atoms with Crippen molar-refractivity contribution in [2.24, 2.45) is 7.05 Å². The highest BCUT2D eigenvalue weighted by molar-refractivity contribution is 7.91. The average molecular weight is 361 g/mol. The molecule has 0 bridgehead atoms. The van der Waals surface area contributed by atoms with Gasteiger partial charge >= 0.3 is 0 Å². The Hall–Kier alpha value is -1.86. The molecule has 1 aromatic heterocycles. The Kier molecular flexibility index (Phi) is 3.88. The number of para-hydroxylation sites is 1. The summed E-state index contributed by atoms with van der Waals surface area (Å²) in [6, 6.07) is 7.75. The molecule has 2 aliphatic heterocycles. The number of carbonyl (C=O) groups is 1. The van der Waals surface area contributed by atoms with E-state index in [1.54, 1.807) is 4.90 Å². The smallest absolute Gasteiger partial charge is 0.227 e. The van der Waals surface area contributed by atoms with Crippen LogP contribution in [0.4, 0.5) is 0 Å². The summed E-state index contributed by atoms with van der Waals surface area (Å²) in [5.74, 6) is 0.270. The van der Waals surface area contributed by atoms with Crippen LogP contribution in [0.3, 0.4) is 0 Å². The Morgan fingerprint density at radius 3 is 2.64 bits per heavy atom. The van der Waals surface area contributed by atoms with E-state index >= 15 is 0 Å². The van der Waals surface area contributed by atoms with Crippen LogP contribution in [0.25, 0.3) is 10.9 Å². The van der Waals surface area contributed by atoms with E-state index in [1.807, 2.05) is 49.1 Å². The molecule has 134 valence electrons. The maximum atomic E-state index is 13.0. The molecule has 1 amide bonds. The first-order chi connectivity index (χ1) is 11.9. The van der Waals surface area contributed by atoms with E-state index in [4.69, 9.17) is 0 Å². The highest BCUT2D eigenvalue weighted by Crippen LogP contribution is 2.27. The lowest BCUT2D eigenvalue weighted by molar-refractivity contribution is -0.135. The summed E-state index contributed by atoms with van der Waals surface area (Å²) >= 11 is 0. The van der Waals surface area contributed by atoms with Gasteiger partial charge in [0.25, 0.3) is 0 Å². The molecule has 2 aromatic rings. The number of fused-ring (bicyclic) bond motifs is 2. The van der Waals surface area contributed by atoms with Crippen molar-refractivity contribution in [3.05, 3.63) is 36.0 Å². The first-order valence-electron chi connectivity index (χ1n) is 8.59. The molecule has 2 saturated heterocycles. The number of hydrogen-bond acceptors (Lipinski definition) is 4. The van der Waals surface area contributed by atoms with Gasteiger partial charge in [-0.25, -0.2) is 8.42 Å². The van der Waals surface area contributed by atoms with Gasteiger partial charge < -0.3 is 9.47 Å². The van der Waals surface area contributed by atoms with Gasteiger partial charge in [-0.15, -0.1) is 0 Å². The fraction of sp³-hybridized carbons (Fsp3) is 0.500. The van der Waals surface area contributed by atoms with Gasteiger partial charge in [0.2, 0.25) is 5.91 Å². The second kappa shape index (κ2) is 5.85. The van der Waals surface area contributed by atoms with Crippen LogP contribution in [-0.2, 0) is 28.1 Å². The second-order valence-corrected chi connectivity index (χ2v) is 9.39. The third-order valence-corrected chi connectivity index (χ3v) is 7.29. The fourth-order valence-corrected chi connectivity index (χ4v) is 6.32. The van der Waals surface area contributed by atoms with E-state index in [9.17, 15) is 13.2 Å². The van der Waals surface area contributed by atoms with Crippen LogP contribution >= 0.6 is 0 Å². The summed E-state index contributed by atoms with van der Waals surface area (Å²) < 4.78 is 26.2. The van der Waals surface area contributed by atoms with Crippen LogP contribution in [-0.4, -0.2) is 72.4 Å². The van der Waals surface area contributed by atoms with Crippen molar-refractivity contribution in [1.82, 2.24) is 14.4 Å². The Labute approximate surface area is 147 Å². The highest BCUT2D eigenvalue weighted by Gasteiger charge is 2.46. The van der Waals surface area contributed by atoms with Gasteiger partial charge in [0.15, 0.2) is 9.84 Å². The van der Waals surface area contributed by atoms with Crippen LogP contribution in [0.1, 0.15) is 5.56 Å². The molecule has 2 fully saturated rings. The standard InChI is InChI=1S/C18H23N3O3S/c1-19-7-8-21(17-12-25(23,24)11-16(17)19)18(22)9-13-10-20(2)15-6-4-3-5-14(13)15/h3-6,10,16-17H,7-9,11-12H2,1-2H3/t16-,17+/m0/s1. The number of aryl methyl sites for hydroxylation is 1. The largest absolute Gasteiger partial charge is 0.350 e. The number of likely N-dealkylation sites (N-methyl/N-ethyl adjacent to an activating group) is 1. The molecule has 4 rings (SSSR count). The zero-order valence-corrected chi connectivity index (χ0v) is 15.4. The van der Waals surface area contributed by atoms with Gasteiger partial charge in [-0.3, -0.25) is 9.69 Å². The molecule has 0 spiro atoms. The summed E-state index contributed by atoms with van der Waals surface area (Å²) in [4.78, 5) is 16.9. The zero-order valence-electron chi connectivity index (χ0n) is 14.6. The van der Waals surface area contributed by atoms with Gasteiger partial charge in [-0.05, 0) is 18.7 Å². The number of nitrogens with zero attached hydrogens (tertiary/aromatic N) is 3. The molecular weight excluding hydrogens is 338 g/mol. The summed E-state index contributed by atoms with van der Waals surface area (Å²) in [7, 11) is 0.856. The minimum absolute atomic E-state index is 0.0246. The van der Waals surface area contributed by atoms with E-state index in [0.717, 1.165) is 23.0 Å². The van der Waals surface area contributed by atoms with E-state index in [0.29, 0.717) is 13.0 Å². The Morgan fingerprint density at radius 1 is 1.12 bits per heavy atom. The van der Waals surface area contributed by atoms with Crippen molar-refractivity contribution in [3.8, 4) is 0 Å². The molecule has 7 heteroatoms. The molecule has 0 unspecified atom stereocenters. The van der Waals surface area contributed by atoms with Crippen molar-refractivity contribution in [2.75, 3.05) is 31.6 Å². The van der Waals surface area contributed by atoms with Crippen LogP contribution in [0.5, 0.6) is 0 Å². The summed E-state index contributed by atoms with van der Waals surface area (Å²) in [6.07, 6.45) is 2.32. The summed E-state index contributed by atoms with van der Waals surface area (Å²) in [6.45, 7) is 1.31. The number of piperazine rings is 1. The number of sulfone groups is 1. The lowest BCUT2D eigenvalue weighted by atomic mass is 10.0. The lowest BCUT2D eigenvalue weighted by Gasteiger charge is -2.42. The lowest BCUT2D eigenvalue weighted by Crippen LogP contribution is -2.59. The Balaban J connectivity index is 1.60. The minimum Gasteiger partial charge on any atom is -0.350 e. The van der Waals surface area contributed by atoms with E-state index < -0.39 is 9.84 Å². The predicted octanol–water partition coefficient (Wildman–Crippen LogP) is 0.660. The molecule has 0 radical (unpaired) electrons. The number of aromatic nitrogens is 1. The topological polar surface area (TPSA) is 62.6 Å². The number of benzene rings is 1. The normalized spacial score (nSPS) is 26.1. The number of carbonyl (C=O) groups excluding carboxylic acids is 1. The zero-order chi connectivity index (χ0) is 17.8. The van der Waals surface area contributed by atoms with Crippen molar-refractivity contribution < 1.29 is 13.2 Å². The molecule has 6 nitrogen and oxygen atoms in total. The summed E-state index contributed by atoms with van der Waals surface area (Å²) in [5.41, 5.74) is 2.10.